The molecule has 1 heterocycles. The quantitative estimate of drug-likeness (QED) is 0.724. The van der Waals surface area contributed by atoms with Gasteiger partial charge in [0, 0.05) is 16.6 Å². The molecule has 0 bridgehead atoms. The highest BCUT2D eigenvalue weighted by atomic mass is 35.5. The van der Waals surface area contributed by atoms with Crippen molar-refractivity contribution in [1.82, 2.24) is 9.62 Å². The summed E-state index contributed by atoms with van der Waals surface area (Å²) < 4.78 is 32.4. The number of carbonyl (C=O) groups excluding carboxylic acids is 2. The van der Waals surface area contributed by atoms with Gasteiger partial charge in [-0.15, -0.1) is 0 Å². The molecule has 3 rings (SSSR count). The molecule has 30 heavy (non-hydrogen) atoms. The second kappa shape index (κ2) is 8.83. The molecule has 160 valence electrons. The van der Waals surface area contributed by atoms with Crippen molar-refractivity contribution >= 4 is 45.0 Å². The SMILES string of the molecule is COc1ccc(Cl)cc1C[C@@H]1CNC(=O)[C@H](C)N(S(=O)(=O)c2ccc(Cl)cc2)C1=O. The first kappa shape index (κ1) is 22.4. The minimum absolute atomic E-state index is 0.00961. The number of ether oxygens (including phenoxy) is 1. The van der Waals surface area contributed by atoms with Crippen LogP contribution in [0.25, 0.3) is 0 Å². The zero-order valence-corrected chi connectivity index (χ0v) is 18.6. The molecule has 2 aromatic rings. The van der Waals surface area contributed by atoms with Gasteiger partial charge >= 0.3 is 0 Å². The maximum atomic E-state index is 13.3. The summed E-state index contributed by atoms with van der Waals surface area (Å²) in [6, 6.07) is 9.20. The second-order valence-electron chi connectivity index (χ2n) is 6.87. The highest BCUT2D eigenvalue weighted by Gasteiger charge is 2.42. The third-order valence-corrected chi connectivity index (χ3v) is 7.27. The van der Waals surface area contributed by atoms with Gasteiger partial charge in [-0.05, 0) is 61.4 Å². The lowest BCUT2D eigenvalue weighted by Gasteiger charge is -2.27. The lowest BCUT2D eigenvalue weighted by atomic mass is 9.97. The van der Waals surface area contributed by atoms with Gasteiger partial charge in [-0.25, -0.2) is 12.7 Å². The molecular formula is C20H20Cl2N2O5S. The van der Waals surface area contributed by atoms with Crippen molar-refractivity contribution < 1.29 is 22.7 Å². The molecule has 0 radical (unpaired) electrons. The minimum Gasteiger partial charge on any atom is -0.496 e. The van der Waals surface area contributed by atoms with Crippen LogP contribution in [0, 0.1) is 5.92 Å². The molecule has 0 unspecified atom stereocenters. The van der Waals surface area contributed by atoms with E-state index in [2.05, 4.69) is 5.32 Å². The van der Waals surface area contributed by atoms with Crippen LogP contribution in [0.15, 0.2) is 47.4 Å². The average Bonchev–Trinajstić information content (AvgIpc) is 2.80. The van der Waals surface area contributed by atoms with Crippen molar-refractivity contribution in [2.75, 3.05) is 13.7 Å². The van der Waals surface area contributed by atoms with Crippen LogP contribution < -0.4 is 10.1 Å². The highest BCUT2D eigenvalue weighted by Crippen LogP contribution is 2.29. The Balaban J connectivity index is 2.01. The Bertz CT molecular complexity index is 1070. The number of halogens is 2. The van der Waals surface area contributed by atoms with Gasteiger partial charge in [-0.2, -0.15) is 0 Å². The standard InChI is InChI=1S/C20H20Cl2N2O5S/c1-12-19(25)23-11-14(9-13-10-16(22)5-8-18(13)29-2)20(26)24(12)30(27,28)17-6-3-15(21)4-7-17/h3-8,10,12,14H,9,11H2,1-2H3,(H,23,25)/t12-,14+/m0/s1. The molecule has 1 saturated heterocycles. The van der Waals surface area contributed by atoms with E-state index < -0.39 is 33.8 Å². The number of nitrogens with zero attached hydrogens (tertiary/aromatic N) is 1. The number of amides is 2. The third-order valence-electron chi connectivity index (χ3n) is 4.90. The number of hydrogen-bond donors (Lipinski definition) is 1. The summed E-state index contributed by atoms with van der Waals surface area (Å²) in [5, 5.41) is 3.46. The van der Waals surface area contributed by atoms with Gasteiger partial charge in [0.2, 0.25) is 11.8 Å². The normalized spacial score (nSPS) is 19.9. The number of nitrogens with one attached hydrogen (secondary N) is 1. The lowest BCUT2D eigenvalue weighted by molar-refractivity contribution is -0.134. The number of rotatable bonds is 5. The molecule has 0 saturated carbocycles. The van der Waals surface area contributed by atoms with Crippen molar-refractivity contribution in [2.45, 2.75) is 24.3 Å². The molecule has 0 spiro atoms. The molecular weight excluding hydrogens is 451 g/mol. The Hall–Kier alpha value is -2.29. The summed E-state index contributed by atoms with van der Waals surface area (Å²) in [7, 11) is -2.79. The van der Waals surface area contributed by atoms with E-state index in [1.54, 1.807) is 18.2 Å². The first-order chi connectivity index (χ1) is 14.1. The smallest absolute Gasteiger partial charge is 0.267 e. The Morgan fingerprint density at radius 3 is 2.37 bits per heavy atom. The van der Waals surface area contributed by atoms with Gasteiger partial charge in [0.1, 0.15) is 11.8 Å². The molecule has 1 aliphatic heterocycles. The topological polar surface area (TPSA) is 92.8 Å². The molecule has 0 aliphatic carbocycles. The van der Waals surface area contributed by atoms with E-state index in [1.807, 2.05) is 0 Å². The molecule has 2 atom stereocenters. The summed E-state index contributed by atoms with van der Waals surface area (Å²) in [5.41, 5.74) is 0.635. The summed E-state index contributed by atoms with van der Waals surface area (Å²) in [6.45, 7) is 1.37. The van der Waals surface area contributed by atoms with Crippen molar-refractivity contribution in [3.63, 3.8) is 0 Å². The van der Waals surface area contributed by atoms with E-state index in [0.29, 0.717) is 25.7 Å². The fraction of sp³-hybridized carbons (Fsp3) is 0.300. The van der Waals surface area contributed by atoms with Crippen LogP contribution in [0.5, 0.6) is 5.75 Å². The maximum Gasteiger partial charge on any atom is 0.267 e. The number of carbonyl (C=O) groups is 2. The Morgan fingerprint density at radius 2 is 1.73 bits per heavy atom. The summed E-state index contributed by atoms with van der Waals surface area (Å²) in [4.78, 5) is 25.6. The first-order valence-corrected chi connectivity index (χ1v) is 11.3. The monoisotopic (exact) mass is 470 g/mol. The zero-order chi connectivity index (χ0) is 22.1. The molecule has 1 aliphatic rings. The summed E-state index contributed by atoms with van der Waals surface area (Å²) in [6.07, 6.45) is 0.141. The van der Waals surface area contributed by atoms with E-state index in [9.17, 15) is 18.0 Å². The van der Waals surface area contributed by atoms with Crippen molar-refractivity contribution in [1.29, 1.82) is 0 Å². The van der Waals surface area contributed by atoms with Crippen LogP contribution in [0.4, 0.5) is 0 Å². The van der Waals surface area contributed by atoms with Crippen LogP contribution >= 0.6 is 23.2 Å². The van der Waals surface area contributed by atoms with Crippen LogP contribution in [0.1, 0.15) is 12.5 Å². The summed E-state index contributed by atoms with van der Waals surface area (Å²) in [5.74, 6) is -1.55. The summed E-state index contributed by atoms with van der Waals surface area (Å²) >= 11 is 11.9. The van der Waals surface area contributed by atoms with Gasteiger partial charge in [0.05, 0.1) is 17.9 Å². The number of sulfonamides is 1. The Kier molecular flexibility index (Phi) is 6.59. The van der Waals surface area contributed by atoms with Gasteiger partial charge in [-0.1, -0.05) is 23.2 Å². The van der Waals surface area contributed by atoms with Crippen LogP contribution in [-0.2, 0) is 26.0 Å². The molecule has 2 amide bonds. The fourth-order valence-corrected chi connectivity index (χ4v) is 5.24. The van der Waals surface area contributed by atoms with Crippen molar-refractivity contribution in [2.24, 2.45) is 5.92 Å². The maximum absolute atomic E-state index is 13.3. The fourth-order valence-electron chi connectivity index (χ4n) is 3.31. The Morgan fingerprint density at radius 1 is 1.10 bits per heavy atom. The Labute approximate surface area is 185 Å². The predicted octanol–water partition coefficient (Wildman–Crippen LogP) is 2.90. The predicted molar refractivity (Wildman–Crippen MR) is 113 cm³/mol. The molecule has 1 fully saturated rings. The largest absolute Gasteiger partial charge is 0.496 e. The highest BCUT2D eigenvalue weighted by molar-refractivity contribution is 7.89. The number of methoxy groups -OCH3 is 1. The number of benzene rings is 2. The van der Waals surface area contributed by atoms with E-state index in [0.717, 1.165) is 0 Å². The molecule has 0 aromatic heterocycles. The minimum atomic E-state index is -4.28. The van der Waals surface area contributed by atoms with E-state index in [1.165, 1.54) is 38.3 Å². The van der Waals surface area contributed by atoms with E-state index in [-0.39, 0.29) is 17.9 Å². The van der Waals surface area contributed by atoms with Crippen molar-refractivity contribution in [3.05, 3.63) is 58.1 Å². The van der Waals surface area contributed by atoms with Gasteiger partial charge < -0.3 is 10.1 Å². The molecule has 1 N–H and O–H groups in total. The third kappa shape index (κ3) is 4.40. The lowest BCUT2D eigenvalue weighted by Crippen LogP contribution is -2.48. The first-order valence-electron chi connectivity index (χ1n) is 9.09. The van der Waals surface area contributed by atoms with Gasteiger partial charge in [-0.3, -0.25) is 9.59 Å². The second-order valence-corrected chi connectivity index (χ2v) is 9.56. The van der Waals surface area contributed by atoms with Gasteiger partial charge in [0.15, 0.2) is 0 Å². The van der Waals surface area contributed by atoms with Crippen molar-refractivity contribution in [3.8, 4) is 5.75 Å². The molecule has 2 aromatic carbocycles. The van der Waals surface area contributed by atoms with Crippen LogP contribution in [-0.4, -0.2) is 44.2 Å². The zero-order valence-electron chi connectivity index (χ0n) is 16.3. The van der Waals surface area contributed by atoms with Crippen LogP contribution in [0.3, 0.4) is 0 Å². The number of hydrogen-bond acceptors (Lipinski definition) is 5. The molecule has 7 nitrogen and oxygen atoms in total. The van der Waals surface area contributed by atoms with Gasteiger partial charge in [0.25, 0.3) is 10.0 Å². The average molecular weight is 471 g/mol. The van der Waals surface area contributed by atoms with Crippen LogP contribution in [0.2, 0.25) is 10.0 Å². The van der Waals surface area contributed by atoms with E-state index >= 15 is 0 Å². The van der Waals surface area contributed by atoms with E-state index in [4.69, 9.17) is 27.9 Å². The molecule has 10 heteroatoms.